The Balaban J connectivity index is 1.88. The molecule has 0 atom stereocenters. The maximum Gasteiger partial charge on any atom is 0.443 e. The van der Waals surface area contributed by atoms with Crippen molar-refractivity contribution in [1.29, 1.82) is 0 Å². The topological polar surface area (TPSA) is 57.1 Å². The summed E-state index contributed by atoms with van der Waals surface area (Å²) in [6.07, 6.45) is 4.98. The van der Waals surface area contributed by atoms with Gasteiger partial charge in [-0.1, -0.05) is 35.0 Å². The van der Waals surface area contributed by atoms with Crippen molar-refractivity contribution in [1.82, 2.24) is 8.71 Å². The second-order valence-corrected chi connectivity index (χ2v) is 6.53. The van der Waals surface area contributed by atoms with E-state index >= 15 is 0 Å². The first-order valence-corrected chi connectivity index (χ1v) is 8.09. The molecule has 0 bridgehead atoms. The zero-order valence-electron chi connectivity index (χ0n) is 11.3. The van der Waals surface area contributed by atoms with Gasteiger partial charge in [-0.05, 0) is 37.1 Å². The highest BCUT2D eigenvalue weighted by molar-refractivity contribution is 7.97. The third kappa shape index (κ3) is 3.11. The normalized spacial score (nSPS) is 16.2. The average molecular weight is 327 g/mol. The molecule has 3 rings (SSSR count). The van der Waals surface area contributed by atoms with Crippen LogP contribution in [-0.4, -0.2) is 8.71 Å². The lowest BCUT2D eigenvalue weighted by Gasteiger charge is -2.20. The predicted octanol–water partition coefficient (Wildman–Crippen LogP) is 3.32. The first-order chi connectivity index (χ1) is 10.1. The molecule has 1 fully saturated rings. The zero-order chi connectivity index (χ0) is 14.8. The Kier molecular flexibility index (Phi) is 4.26. The van der Waals surface area contributed by atoms with E-state index in [1.54, 1.807) is 24.3 Å². The predicted molar refractivity (Wildman–Crippen MR) is 82.1 cm³/mol. The van der Waals surface area contributed by atoms with Crippen LogP contribution in [0, 0.1) is 0 Å². The second kappa shape index (κ2) is 6.15. The molecule has 1 aromatic carbocycles. The van der Waals surface area contributed by atoms with E-state index in [2.05, 4.69) is 0 Å². The summed E-state index contributed by atoms with van der Waals surface area (Å²) < 4.78 is 7.37. The minimum atomic E-state index is -0.576. The minimum Gasteiger partial charge on any atom is -0.305 e. The summed E-state index contributed by atoms with van der Waals surface area (Å²) in [4.78, 5) is 25.1. The van der Waals surface area contributed by atoms with Gasteiger partial charge in [0.1, 0.15) is 0 Å². The highest BCUT2D eigenvalue weighted by Crippen LogP contribution is 2.26. The molecule has 21 heavy (non-hydrogen) atoms. The maximum absolute atomic E-state index is 12.3. The fourth-order valence-corrected chi connectivity index (χ4v) is 3.46. The number of hydrogen-bond donors (Lipinski definition) is 0. The molecule has 7 heteroatoms. The fraction of sp³-hybridized carbons (Fsp3) is 0.429. The molecule has 1 heterocycles. The van der Waals surface area contributed by atoms with Gasteiger partial charge in [-0.3, -0.25) is 0 Å². The van der Waals surface area contributed by atoms with Crippen LogP contribution >= 0.6 is 23.5 Å². The van der Waals surface area contributed by atoms with Gasteiger partial charge < -0.3 is 4.52 Å². The van der Waals surface area contributed by atoms with E-state index in [1.807, 2.05) is 0 Å². The molecule has 2 aromatic rings. The largest absolute Gasteiger partial charge is 0.443 e. The van der Waals surface area contributed by atoms with Crippen LogP contribution in [0.3, 0.4) is 0 Å². The van der Waals surface area contributed by atoms with E-state index in [4.69, 9.17) is 16.1 Å². The molecule has 1 aliphatic carbocycles. The van der Waals surface area contributed by atoms with Gasteiger partial charge in [0.25, 0.3) is 0 Å². The number of benzene rings is 1. The van der Waals surface area contributed by atoms with E-state index in [-0.39, 0.29) is 6.04 Å². The van der Waals surface area contributed by atoms with E-state index < -0.39 is 11.4 Å². The summed E-state index contributed by atoms with van der Waals surface area (Å²) >= 11 is 6.90. The molecule has 0 unspecified atom stereocenters. The number of aromatic nitrogens is 2. The van der Waals surface area contributed by atoms with Crippen LogP contribution in [0.5, 0.6) is 0 Å². The van der Waals surface area contributed by atoms with Crippen LogP contribution in [0.1, 0.15) is 38.1 Å². The maximum atomic E-state index is 12.3. The van der Waals surface area contributed by atoms with E-state index in [0.29, 0.717) is 5.02 Å². The third-order valence-electron chi connectivity index (χ3n) is 3.66. The van der Waals surface area contributed by atoms with Gasteiger partial charge in [0.15, 0.2) is 0 Å². The van der Waals surface area contributed by atoms with Crippen LogP contribution in [0.25, 0.3) is 0 Å². The highest BCUT2D eigenvalue weighted by Gasteiger charge is 2.23. The van der Waals surface area contributed by atoms with Crippen molar-refractivity contribution < 1.29 is 4.52 Å². The molecule has 0 N–H and O–H groups in total. The Labute approximate surface area is 130 Å². The van der Waals surface area contributed by atoms with Gasteiger partial charge in [-0.25, -0.2) is 14.2 Å². The standard InChI is InChI=1S/C14H15ClN2O3S/c15-10-6-8-12(9-7-10)21-17-13(18)16(14(19)20-17)11-4-2-1-3-5-11/h6-9,11H,1-5H2. The van der Waals surface area contributed by atoms with Crippen LogP contribution in [0.4, 0.5) is 0 Å². The lowest BCUT2D eigenvalue weighted by molar-refractivity contribution is 0.311. The molecule has 0 amide bonds. The molecular weight excluding hydrogens is 312 g/mol. The van der Waals surface area contributed by atoms with Gasteiger partial charge >= 0.3 is 11.4 Å². The summed E-state index contributed by atoms with van der Waals surface area (Å²) in [5, 5.41) is 0.618. The zero-order valence-corrected chi connectivity index (χ0v) is 12.9. The van der Waals surface area contributed by atoms with E-state index in [1.165, 1.54) is 4.57 Å². The molecule has 112 valence electrons. The average Bonchev–Trinajstić information content (AvgIpc) is 2.77. The van der Waals surface area contributed by atoms with Crippen molar-refractivity contribution >= 4 is 23.5 Å². The first kappa shape index (κ1) is 14.5. The summed E-state index contributed by atoms with van der Waals surface area (Å²) in [5.41, 5.74) is -0.396. The van der Waals surface area contributed by atoms with Gasteiger partial charge in [-0.2, -0.15) is 0 Å². The lowest BCUT2D eigenvalue weighted by Crippen LogP contribution is -2.32. The Morgan fingerprint density at radius 1 is 1.10 bits per heavy atom. The first-order valence-electron chi connectivity index (χ1n) is 6.94. The van der Waals surface area contributed by atoms with Gasteiger partial charge in [-0.15, -0.1) is 0 Å². The molecule has 1 saturated carbocycles. The number of halogens is 1. The molecule has 0 spiro atoms. The van der Waals surface area contributed by atoms with Gasteiger partial charge in [0, 0.05) is 27.9 Å². The number of rotatable bonds is 3. The van der Waals surface area contributed by atoms with Crippen molar-refractivity contribution in [2.75, 3.05) is 0 Å². The fourth-order valence-electron chi connectivity index (χ4n) is 2.61. The lowest BCUT2D eigenvalue weighted by atomic mass is 9.95. The Hall–Kier alpha value is -1.40. The molecule has 0 aliphatic heterocycles. The summed E-state index contributed by atoms with van der Waals surface area (Å²) in [6, 6.07) is 6.97. The Morgan fingerprint density at radius 3 is 2.43 bits per heavy atom. The summed E-state index contributed by atoms with van der Waals surface area (Å²) in [6.45, 7) is 0. The SMILES string of the molecule is O=c1on(Sc2ccc(Cl)cc2)c(=O)n1C1CCCCC1. The van der Waals surface area contributed by atoms with Crippen LogP contribution < -0.4 is 11.4 Å². The van der Waals surface area contributed by atoms with Crippen molar-refractivity contribution in [2.45, 2.75) is 43.0 Å². The Bertz CT molecular complexity index is 726. The molecular formula is C14H15ClN2O3S. The van der Waals surface area contributed by atoms with Crippen LogP contribution in [0.2, 0.25) is 5.02 Å². The van der Waals surface area contributed by atoms with Crippen LogP contribution in [0.15, 0.2) is 43.3 Å². The summed E-state index contributed by atoms with van der Waals surface area (Å²) in [7, 11) is 0. The second-order valence-electron chi connectivity index (χ2n) is 5.10. The monoisotopic (exact) mass is 326 g/mol. The quantitative estimate of drug-likeness (QED) is 0.868. The van der Waals surface area contributed by atoms with E-state index in [9.17, 15) is 9.59 Å². The number of hydrogen-bond acceptors (Lipinski definition) is 4. The smallest absolute Gasteiger partial charge is 0.305 e. The molecule has 5 nitrogen and oxygen atoms in total. The number of nitrogens with zero attached hydrogens (tertiary/aromatic N) is 2. The van der Waals surface area contributed by atoms with Crippen molar-refractivity contribution in [2.24, 2.45) is 0 Å². The van der Waals surface area contributed by atoms with Gasteiger partial charge in [0.2, 0.25) is 0 Å². The van der Waals surface area contributed by atoms with Crippen molar-refractivity contribution in [3.8, 4) is 0 Å². The van der Waals surface area contributed by atoms with Crippen molar-refractivity contribution in [3.05, 3.63) is 50.3 Å². The Morgan fingerprint density at radius 2 is 1.76 bits per heavy atom. The minimum absolute atomic E-state index is 0.0328. The molecule has 1 aliphatic rings. The molecule has 1 aromatic heterocycles. The summed E-state index contributed by atoms with van der Waals surface area (Å²) in [5.74, 6) is -0.576. The van der Waals surface area contributed by atoms with Crippen molar-refractivity contribution in [3.63, 3.8) is 0 Å². The third-order valence-corrected chi connectivity index (χ3v) is 4.79. The van der Waals surface area contributed by atoms with Crippen LogP contribution in [-0.2, 0) is 0 Å². The molecule has 0 saturated heterocycles. The highest BCUT2D eigenvalue weighted by atomic mass is 35.5. The van der Waals surface area contributed by atoms with Gasteiger partial charge in [0.05, 0.1) is 0 Å². The van der Waals surface area contributed by atoms with E-state index in [0.717, 1.165) is 53.1 Å². The molecule has 0 radical (unpaired) electrons.